The summed E-state index contributed by atoms with van der Waals surface area (Å²) in [5, 5.41) is 17.3. The molecule has 0 bridgehead atoms. The van der Waals surface area contributed by atoms with Crippen molar-refractivity contribution >= 4 is 11.6 Å². The lowest BCUT2D eigenvalue weighted by atomic mass is 9.99. The molecule has 2 heterocycles. The van der Waals surface area contributed by atoms with Gasteiger partial charge >= 0.3 is 0 Å². The number of aromatic nitrogens is 4. The average molecular weight is 272 g/mol. The maximum atomic E-state index is 12.3. The van der Waals surface area contributed by atoms with Crippen LogP contribution in [0.4, 0.5) is 5.69 Å². The van der Waals surface area contributed by atoms with Crippen LogP contribution >= 0.6 is 0 Å². The predicted molar refractivity (Wildman–Crippen MR) is 73.4 cm³/mol. The number of carbonyl (C=O) groups excluding carboxylic acids is 1. The number of nitrogens with zero attached hydrogens (tertiary/aromatic N) is 4. The SMILES string of the molecule is O=C(Nc1ccccc1-n1cnnn1)[C@H]1CCCNC1. The maximum absolute atomic E-state index is 12.3. The van der Waals surface area contributed by atoms with Crippen LogP contribution in [0, 0.1) is 5.92 Å². The Balaban J connectivity index is 1.79. The van der Waals surface area contributed by atoms with Crippen LogP contribution in [0.3, 0.4) is 0 Å². The number of carbonyl (C=O) groups is 1. The van der Waals surface area contributed by atoms with Gasteiger partial charge in [-0.15, -0.1) is 5.10 Å². The molecule has 1 amide bonds. The lowest BCUT2D eigenvalue weighted by Crippen LogP contribution is -2.37. The van der Waals surface area contributed by atoms with Crippen molar-refractivity contribution in [3.63, 3.8) is 0 Å². The van der Waals surface area contributed by atoms with Crippen LogP contribution in [0.1, 0.15) is 12.8 Å². The molecule has 1 aliphatic rings. The van der Waals surface area contributed by atoms with E-state index >= 15 is 0 Å². The molecule has 104 valence electrons. The van der Waals surface area contributed by atoms with Gasteiger partial charge in [-0.2, -0.15) is 4.68 Å². The fourth-order valence-corrected chi connectivity index (χ4v) is 2.36. The van der Waals surface area contributed by atoms with E-state index in [0.29, 0.717) is 0 Å². The second kappa shape index (κ2) is 5.79. The summed E-state index contributed by atoms with van der Waals surface area (Å²) in [5.41, 5.74) is 1.48. The third kappa shape index (κ3) is 2.67. The van der Waals surface area contributed by atoms with E-state index in [9.17, 15) is 4.79 Å². The minimum absolute atomic E-state index is 0.0191. The largest absolute Gasteiger partial charge is 0.324 e. The number of para-hydroxylation sites is 2. The van der Waals surface area contributed by atoms with Crippen molar-refractivity contribution in [2.45, 2.75) is 12.8 Å². The quantitative estimate of drug-likeness (QED) is 0.854. The Hall–Kier alpha value is -2.28. The number of rotatable bonds is 3. The van der Waals surface area contributed by atoms with Crippen LogP contribution in [0.15, 0.2) is 30.6 Å². The highest BCUT2D eigenvalue weighted by molar-refractivity contribution is 5.94. The van der Waals surface area contributed by atoms with Crippen LogP contribution in [-0.4, -0.2) is 39.2 Å². The molecule has 1 aromatic carbocycles. The van der Waals surface area contributed by atoms with Crippen molar-refractivity contribution in [2.75, 3.05) is 18.4 Å². The van der Waals surface area contributed by atoms with Crippen LogP contribution in [0.5, 0.6) is 0 Å². The fourth-order valence-electron chi connectivity index (χ4n) is 2.36. The summed E-state index contributed by atoms with van der Waals surface area (Å²) in [6.45, 7) is 1.73. The zero-order valence-corrected chi connectivity index (χ0v) is 11.0. The normalized spacial score (nSPS) is 18.7. The lowest BCUT2D eigenvalue weighted by molar-refractivity contribution is -0.120. The van der Waals surface area contributed by atoms with Crippen molar-refractivity contribution in [1.29, 1.82) is 0 Å². The van der Waals surface area contributed by atoms with Crippen LogP contribution in [0.25, 0.3) is 5.69 Å². The van der Waals surface area contributed by atoms with E-state index in [1.165, 1.54) is 11.0 Å². The van der Waals surface area contributed by atoms with Gasteiger partial charge in [0.15, 0.2) is 0 Å². The van der Waals surface area contributed by atoms with Gasteiger partial charge in [0.05, 0.1) is 17.3 Å². The number of tetrazole rings is 1. The van der Waals surface area contributed by atoms with Crippen LogP contribution < -0.4 is 10.6 Å². The van der Waals surface area contributed by atoms with Gasteiger partial charge < -0.3 is 10.6 Å². The van der Waals surface area contributed by atoms with Gasteiger partial charge in [-0.3, -0.25) is 4.79 Å². The first-order valence-electron chi connectivity index (χ1n) is 6.68. The van der Waals surface area contributed by atoms with Gasteiger partial charge in [-0.25, -0.2) is 0 Å². The van der Waals surface area contributed by atoms with Gasteiger partial charge in [-0.1, -0.05) is 12.1 Å². The Morgan fingerprint density at radius 1 is 1.40 bits per heavy atom. The van der Waals surface area contributed by atoms with Gasteiger partial charge in [0, 0.05) is 6.54 Å². The molecule has 2 N–H and O–H groups in total. The van der Waals surface area contributed by atoms with Crippen molar-refractivity contribution in [3.8, 4) is 5.69 Å². The molecule has 0 unspecified atom stereocenters. The highest BCUT2D eigenvalue weighted by Gasteiger charge is 2.21. The zero-order chi connectivity index (χ0) is 13.8. The topological polar surface area (TPSA) is 84.7 Å². The zero-order valence-electron chi connectivity index (χ0n) is 11.0. The molecule has 0 radical (unpaired) electrons. The first kappa shape index (κ1) is 12.7. The first-order chi connectivity index (χ1) is 9.84. The third-order valence-corrected chi connectivity index (χ3v) is 3.43. The van der Waals surface area contributed by atoms with E-state index < -0.39 is 0 Å². The van der Waals surface area contributed by atoms with Gasteiger partial charge in [0.1, 0.15) is 6.33 Å². The second-order valence-corrected chi connectivity index (χ2v) is 4.80. The summed E-state index contributed by atoms with van der Waals surface area (Å²) in [4.78, 5) is 12.3. The Morgan fingerprint density at radius 3 is 3.05 bits per heavy atom. The Labute approximate surface area is 116 Å². The third-order valence-electron chi connectivity index (χ3n) is 3.43. The summed E-state index contributed by atoms with van der Waals surface area (Å²) >= 11 is 0. The molecule has 1 saturated heterocycles. The summed E-state index contributed by atoms with van der Waals surface area (Å²) < 4.78 is 1.54. The summed E-state index contributed by atoms with van der Waals surface area (Å²) in [6, 6.07) is 7.48. The van der Waals surface area contributed by atoms with Gasteiger partial charge in [-0.05, 0) is 41.9 Å². The molecule has 20 heavy (non-hydrogen) atoms. The number of hydrogen-bond acceptors (Lipinski definition) is 5. The molecule has 1 aromatic heterocycles. The molecule has 7 heteroatoms. The lowest BCUT2D eigenvalue weighted by Gasteiger charge is -2.22. The Bertz CT molecular complexity index is 576. The second-order valence-electron chi connectivity index (χ2n) is 4.80. The average Bonchev–Trinajstić information content (AvgIpc) is 3.03. The maximum Gasteiger partial charge on any atom is 0.228 e. The Morgan fingerprint density at radius 2 is 2.30 bits per heavy atom. The molecule has 3 rings (SSSR count). The van der Waals surface area contributed by atoms with Gasteiger partial charge in [0.2, 0.25) is 5.91 Å². The standard InChI is InChI=1S/C13H16N6O/c20-13(10-4-3-7-14-8-10)16-11-5-1-2-6-12(11)19-9-15-17-18-19/h1-2,5-6,9-10,14H,3-4,7-8H2,(H,16,20)/t10-/m0/s1. The monoisotopic (exact) mass is 272 g/mol. The summed E-state index contributed by atoms with van der Waals surface area (Å²) in [7, 11) is 0. The molecular weight excluding hydrogens is 256 g/mol. The fraction of sp³-hybridized carbons (Fsp3) is 0.385. The van der Waals surface area contributed by atoms with Crippen molar-refractivity contribution < 1.29 is 4.79 Å². The number of piperidine rings is 1. The molecule has 7 nitrogen and oxygen atoms in total. The molecule has 0 saturated carbocycles. The van der Waals surface area contributed by atoms with Gasteiger partial charge in [0.25, 0.3) is 0 Å². The molecule has 1 fully saturated rings. The van der Waals surface area contributed by atoms with Crippen LogP contribution in [0.2, 0.25) is 0 Å². The van der Waals surface area contributed by atoms with Crippen molar-refractivity contribution in [1.82, 2.24) is 25.5 Å². The molecule has 1 aliphatic heterocycles. The minimum atomic E-state index is 0.0191. The molecule has 0 spiro atoms. The van der Waals surface area contributed by atoms with E-state index in [4.69, 9.17) is 0 Å². The predicted octanol–water partition coefficient (Wildman–Crippen LogP) is 0.600. The molecule has 0 aliphatic carbocycles. The summed E-state index contributed by atoms with van der Waals surface area (Å²) in [5.74, 6) is 0.0587. The number of nitrogens with one attached hydrogen (secondary N) is 2. The van der Waals surface area contributed by atoms with Crippen LogP contribution in [-0.2, 0) is 4.79 Å². The highest BCUT2D eigenvalue weighted by Crippen LogP contribution is 2.20. The van der Waals surface area contributed by atoms with Crippen molar-refractivity contribution in [3.05, 3.63) is 30.6 Å². The Kier molecular flexibility index (Phi) is 3.69. The smallest absolute Gasteiger partial charge is 0.228 e. The molecule has 1 atom stereocenters. The van der Waals surface area contributed by atoms with E-state index in [1.54, 1.807) is 0 Å². The van der Waals surface area contributed by atoms with E-state index in [2.05, 4.69) is 26.2 Å². The first-order valence-corrected chi connectivity index (χ1v) is 6.68. The number of anilines is 1. The number of amides is 1. The van der Waals surface area contributed by atoms with E-state index in [0.717, 1.165) is 37.3 Å². The molecular formula is C13H16N6O. The summed E-state index contributed by atoms with van der Waals surface area (Å²) in [6.07, 6.45) is 3.46. The van der Waals surface area contributed by atoms with E-state index in [-0.39, 0.29) is 11.8 Å². The highest BCUT2D eigenvalue weighted by atomic mass is 16.1. The molecule has 2 aromatic rings. The van der Waals surface area contributed by atoms with Crippen molar-refractivity contribution in [2.24, 2.45) is 5.92 Å². The minimum Gasteiger partial charge on any atom is -0.324 e. The number of hydrogen-bond donors (Lipinski definition) is 2. The number of benzene rings is 1. The van der Waals surface area contributed by atoms with E-state index in [1.807, 2.05) is 24.3 Å².